The van der Waals surface area contributed by atoms with E-state index in [1.54, 1.807) is 6.07 Å². The quantitative estimate of drug-likeness (QED) is 0.634. The van der Waals surface area contributed by atoms with E-state index in [9.17, 15) is 0 Å². The monoisotopic (exact) mass is 343 g/mol. The van der Waals surface area contributed by atoms with Gasteiger partial charge in [-0.25, -0.2) is 4.98 Å². The van der Waals surface area contributed by atoms with Crippen molar-refractivity contribution in [3.63, 3.8) is 0 Å². The first-order chi connectivity index (χ1) is 11.1. The molecule has 3 aromatic rings. The molecule has 0 fully saturated rings. The molecule has 5 nitrogen and oxygen atoms in total. The highest BCUT2D eigenvalue weighted by atomic mass is 35.5. The van der Waals surface area contributed by atoms with Crippen molar-refractivity contribution in [3.05, 3.63) is 69.5 Å². The maximum absolute atomic E-state index is 6.36. The molecule has 0 saturated carbocycles. The molecule has 3 heterocycles. The lowest BCUT2D eigenvalue weighted by molar-refractivity contribution is 0.860. The average molecular weight is 344 g/mol. The summed E-state index contributed by atoms with van der Waals surface area (Å²) in [6, 6.07) is 11.2. The number of benzene rings is 1. The zero-order valence-corrected chi connectivity index (χ0v) is 13.7. The van der Waals surface area contributed by atoms with Crippen LogP contribution < -0.4 is 0 Å². The summed E-state index contributed by atoms with van der Waals surface area (Å²) in [6.07, 6.45) is 0. The molecule has 114 valence electrons. The number of halogens is 2. The van der Waals surface area contributed by atoms with Gasteiger partial charge in [0.2, 0.25) is 0 Å². The second kappa shape index (κ2) is 5.44. The predicted octanol–water partition coefficient (Wildman–Crippen LogP) is 3.63. The minimum Gasteiger partial charge on any atom is -0.279 e. The fourth-order valence-electron chi connectivity index (χ4n) is 2.70. The van der Waals surface area contributed by atoms with Crippen LogP contribution in [-0.2, 0) is 6.54 Å². The van der Waals surface area contributed by atoms with Crippen molar-refractivity contribution in [2.45, 2.75) is 13.5 Å². The molecular formula is C16H11Cl2N5. The summed E-state index contributed by atoms with van der Waals surface area (Å²) >= 11 is 12.5. The van der Waals surface area contributed by atoms with E-state index in [0.29, 0.717) is 28.1 Å². The van der Waals surface area contributed by atoms with Gasteiger partial charge in [-0.2, -0.15) is 0 Å². The fraction of sp³-hybridized carbons (Fsp3) is 0.125. The Morgan fingerprint density at radius 1 is 1.04 bits per heavy atom. The molecule has 0 unspecified atom stereocenters. The van der Waals surface area contributed by atoms with Crippen LogP contribution in [0.15, 0.2) is 41.4 Å². The molecule has 1 aliphatic heterocycles. The average Bonchev–Trinajstić information content (AvgIpc) is 2.82. The summed E-state index contributed by atoms with van der Waals surface area (Å²) in [6.45, 7) is 2.30. The molecule has 0 aliphatic carbocycles. The van der Waals surface area contributed by atoms with Crippen LogP contribution >= 0.6 is 23.2 Å². The number of aryl methyl sites for hydroxylation is 1. The number of nitrogens with zero attached hydrogens (tertiary/aromatic N) is 5. The number of hydrogen-bond donors (Lipinski definition) is 0. The van der Waals surface area contributed by atoms with Crippen molar-refractivity contribution < 1.29 is 0 Å². The maximum Gasteiger partial charge on any atom is 0.159 e. The lowest BCUT2D eigenvalue weighted by atomic mass is 10.1. The summed E-state index contributed by atoms with van der Waals surface area (Å²) in [5.74, 6) is 1.54. The molecule has 0 spiro atoms. The Bertz CT molecular complexity index is 945. The zero-order valence-electron chi connectivity index (χ0n) is 12.2. The molecule has 0 N–H and O–H groups in total. The van der Waals surface area contributed by atoms with Gasteiger partial charge in [0.15, 0.2) is 5.82 Å². The molecule has 0 saturated heterocycles. The molecular weight excluding hydrogens is 333 g/mol. The number of fused-ring (bicyclic) bond motifs is 3. The second-order valence-corrected chi connectivity index (χ2v) is 5.94. The molecule has 0 radical (unpaired) electrons. The van der Waals surface area contributed by atoms with Gasteiger partial charge in [0.05, 0.1) is 16.4 Å². The van der Waals surface area contributed by atoms with E-state index < -0.39 is 0 Å². The predicted molar refractivity (Wildman–Crippen MR) is 89.7 cm³/mol. The van der Waals surface area contributed by atoms with Gasteiger partial charge in [0.1, 0.15) is 23.2 Å². The molecule has 0 atom stereocenters. The van der Waals surface area contributed by atoms with E-state index in [4.69, 9.17) is 23.2 Å². The number of rotatable bonds is 1. The molecule has 2 aromatic heterocycles. The van der Waals surface area contributed by atoms with Gasteiger partial charge < -0.3 is 0 Å². The Hall–Kier alpha value is -2.24. The van der Waals surface area contributed by atoms with Crippen LogP contribution in [0.25, 0.3) is 5.69 Å². The van der Waals surface area contributed by atoms with Gasteiger partial charge in [-0.05, 0) is 25.1 Å². The number of aliphatic imine (C=N–C) groups is 1. The van der Waals surface area contributed by atoms with Gasteiger partial charge in [-0.1, -0.05) is 41.4 Å². The lowest BCUT2D eigenvalue weighted by Gasteiger charge is -2.12. The third-order valence-corrected chi connectivity index (χ3v) is 4.24. The van der Waals surface area contributed by atoms with Crippen LogP contribution in [0.3, 0.4) is 0 Å². The Balaban J connectivity index is 2.03. The zero-order chi connectivity index (χ0) is 16.0. The van der Waals surface area contributed by atoms with E-state index in [1.807, 2.05) is 41.8 Å². The normalized spacial score (nSPS) is 13.1. The van der Waals surface area contributed by atoms with E-state index >= 15 is 0 Å². The Morgan fingerprint density at radius 3 is 2.70 bits per heavy atom. The van der Waals surface area contributed by atoms with E-state index in [2.05, 4.69) is 20.2 Å². The topological polar surface area (TPSA) is 56.0 Å². The third-order valence-electron chi connectivity index (χ3n) is 3.70. The van der Waals surface area contributed by atoms with Gasteiger partial charge in [-0.15, -0.1) is 10.2 Å². The first-order valence-corrected chi connectivity index (χ1v) is 7.78. The smallest absolute Gasteiger partial charge is 0.159 e. The summed E-state index contributed by atoms with van der Waals surface area (Å²) in [5, 5.41) is 9.35. The number of pyridine rings is 1. The SMILES string of the molecule is Cc1nnc2n1-c1ccc(Cl)nc1C(c1ccccc1Cl)=NC2. The maximum atomic E-state index is 6.36. The molecule has 1 aromatic carbocycles. The molecule has 0 bridgehead atoms. The van der Waals surface area contributed by atoms with E-state index in [-0.39, 0.29) is 0 Å². The highest BCUT2D eigenvalue weighted by molar-refractivity contribution is 6.35. The van der Waals surface area contributed by atoms with Gasteiger partial charge in [-0.3, -0.25) is 9.56 Å². The molecule has 7 heteroatoms. The van der Waals surface area contributed by atoms with Crippen molar-refractivity contribution in [2.75, 3.05) is 0 Å². The fourth-order valence-corrected chi connectivity index (χ4v) is 3.07. The minimum atomic E-state index is 0.398. The van der Waals surface area contributed by atoms with Crippen LogP contribution in [0.5, 0.6) is 0 Å². The van der Waals surface area contributed by atoms with Crippen molar-refractivity contribution >= 4 is 28.9 Å². The summed E-state index contributed by atoms with van der Waals surface area (Å²) < 4.78 is 1.95. The van der Waals surface area contributed by atoms with Crippen LogP contribution in [0.2, 0.25) is 10.2 Å². The lowest BCUT2D eigenvalue weighted by Crippen LogP contribution is -2.11. The summed E-state index contributed by atoms with van der Waals surface area (Å²) in [5.41, 5.74) is 3.05. The summed E-state index contributed by atoms with van der Waals surface area (Å²) in [7, 11) is 0. The Labute approximate surface area is 142 Å². The van der Waals surface area contributed by atoms with Crippen LogP contribution in [0.1, 0.15) is 22.9 Å². The molecule has 0 amide bonds. The molecule has 4 rings (SSSR count). The second-order valence-electron chi connectivity index (χ2n) is 5.15. The molecule has 1 aliphatic rings. The van der Waals surface area contributed by atoms with Crippen molar-refractivity contribution in [2.24, 2.45) is 4.99 Å². The highest BCUT2D eigenvalue weighted by Crippen LogP contribution is 2.28. The van der Waals surface area contributed by atoms with Crippen LogP contribution in [-0.4, -0.2) is 25.5 Å². The van der Waals surface area contributed by atoms with Gasteiger partial charge in [0.25, 0.3) is 0 Å². The molecule has 23 heavy (non-hydrogen) atoms. The first-order valence-electron chi connectivity index (χ1n) is 7.02. The van der Waals surface area contributed by atoms with Crippen molar-refractivity contribution in [1.82, 2.24) is 19.7 Å². The standard InChI is InChI=1S/C16H11Cl2N5/c1-9-21-22-14-8-19-15(10-4-2-3-5-11(10)17)16-12(23(9)14)6-7-13(18)20-16/h2-7H,8H2,1H3. The van der Waals surface area contributed by atoms with E-state index in [0.717, 1.165) is 22.9 Å². The number of aromatic nitrogens is 4. The van der Waals surface area contributed by atoms with Crippen LogP contribution in [0.4, 0.5) is 0 Å². The van der Waals surface area contributed by atoms with Crippen LogP contribution in [0, 0.1) is 6.92 Å². The van der Waals surface area contributed by atoms with Gasteiger partial charge >= 0.3 is 0 Å². The Kier molecular flexibility index (Phi) is 3.39. The number of hydrogen-bond acceptors (Lipinski definition) is 4. The highest BCUT2D eigenvalue weighted by Gasteiger charge is 2.24. The first kappa shape index (κ1) is 14.4. The van der Waals surface area contributed by atoms with Gasteiger partial charge in [0, 0.05) is 5.56 Å². The van der Waals surface area contributed by atoms with E-state index in [1.165, 1.54) is 0 Å². The van der Waals surface area contributed by atoms with Crippen molar-refractivity contribution in [1.29, 1.82) is 0 Å². The minimum absolute atomic E-state index is 0.398. The Morgan fingerprint density at radius 2 is 1.87 bits per heavy atom. The summed E-state index contributed by atoms with van der Waals surface area (Å²) in [4.78, 5) is 9.17. The largest absolute Gasteiger partial charge is 0.279 e. The third kappa shape index (κ3) is 2.33. The van der Waals surface area contributed by atoms with Crippen molar-refractivity contribution in [3.8, 4) is 5.69 Å².